The predicted molar refractivity (Wildman–Crippen MR) is 58.1 cm³/mol. The van der Waals surface area contributed by atoms with E-state index in [0.29, 0.717) is 6.54 Å². The highest BCUT2D eigenvalue weighted by atomic mass is 32.2. The van der Waals surface area contributed by atoms with Gasteiger partial charge in [0.25, 0.3) is 0 Å². The highest BCUT2D eigenvalue weighted by molar-refractivity contribution is 7.90. The molecule has 1 N–H and O–H groups in total. The molecule has 14 heavy (non-hydrogen) atoms. The molecule has 1 rings (SSSR count). The summed E-state index contributed by atoms with van der Waals surface area (Å²) in [5, 5.41) is 3.13. The summed E-state index contributed by atoms with van der Waals surface area (Å²) < 4.78 is 21.9. The maximum atomic E-state index is 11.0. The lowest BCUT2D eigenvalue weighted by Gasteiger charge is -2.10. The van der Waals surface area contributed by atoms with Crippen LogP contribution in [0.15, 0.2) is 11.7 Å². The second-order valence-electron chi connectivity index (χ2n) is 3.34. The first-order valence-corrected chi connectivity index (χ1v) is 7.20. The van der Waals surface area contributed by atoms with E-state index in [1.165, 1.54) is 6.26 Å². The number of thiazole rings is 1. The molecule has 0 radical (unpaired) electrons. The van der Waals surface area contributed by atoms with Crippen LogP contribution in [0.1, 0.15) is 11.8 Å². The number of aromatic nitrogens is 1. The van der Waals surface area contributed by atoms with Gasteiger partial charge in [0.05, 0.1) is 11.3 Å². The van der Waals surface area contributed by atoms with Crippen molar-refractivity contribution in [3.63, 3.8) is 0 Å². The first-order chi connectivity index (χ1) is 6.47. The van der Waals surface area contributed by atoms with Gasteiger partial charge in [0, 0.05) is 29.9 Å². The van der Waals surface area contributed by atoms with E-state index in [2.05, 4.69) is 10.3 Å². The average Bonchev–Trinajstić information content (AvgIpc) is 2.49. The van der Waals surface area contributed by atoms with Crippen LogP contribution in [0.4, 0.5) is 0 Å². The van der Waals surface area contributed by atoms with Crippen molar-refractivity contribution in [3.05, 3.63) is 16.6 Å². The summed E-state index contributed by atoms with van der Waals surface area (Å²) in [6.45, 7) is 2.55. The molecular formula is C8H14N2O2S2. The second-order valence-corrected chi connectivity index (χ2v) is 6.50. The summed E-state index contributed by atoms with van der Waals surface area (Å²) in [5.41, 5.74) is 1.76. The molecular weight excluding hydrogens is 220 g/mol. The molecule has 0 fully saturated rings. The minimum absolute atomic E-state index is 0.0212. The third-order valence-electron chi connectivity index (χ3n) is 1.66. The maximum Gasteiger partial charge on any atom is 0.148 e. The number of nitrogens with one attached hydrogen (secondary N) is 1. The van der Waals surface area contributed by atoms with Crippen LogP contribution in [-0.4, -0.2) is 31.5 Å². The van der Waals surface area contributed by atoms with E-state index in [1.807, 2.05) is 6.92 Å². The topological polar surface area (TPSA) is 59.1 Å². The predicted octanol–water partition coefficient (Wildman–Crippen LogP) is 0.666. The summed E-state index contributed by atoms with van der Waals surface area (Å²) in [6, 6.07) is -0.0212. The Morgan fingerprint density at radius 3 is 2.86 bits per heavy atom. The van der Waals surface area contributed by atoms with Crippen molar-refractivity contribution >= 4 is 21.2 Å². The zero-order valence-electron chi connectivity index (χ0n) is 8.23. The van der Waals surface area contributed by atoms with Crippen molar-refractivity contribution in [1.29, 1.82) is 0 Å². The zero-order valence-corrected chi connectivity index (χ0v) is 9.86. The molecule has 0 aliphatic heterocycles. The summed E-state index contributed by atoms with van der Waals surface area (Å²) in [6.07, 6.45) is 3.03. The van der Waals surface area contributed by atoms with Crippen molar-refractivity contribution in [2.45, 2.75) is 19.5 Å². The van der Waals surface area contributed by atoms with Crippen molar-refractivity contribution in [3.8, 4) is 0 Å². The lowest BCUT2D eigenvalue weighted by atomic mass is 10.4. The van der Waals surface area contributed by atoms with Crippen molar-refractivity contribution in [2.75, 3.05) is 12.0 Å². The monoisotopic (exact) mass is 234 g/mol. The Balaban J connectivity index is 2.32. The molecule has 0 amide bonds. The fraction of sp³-hybridized carbons (Fsp3) is 0.625. The Morgan fingerprint density at radius 1 is 1.64 bits per heavy atom. The van der Waals surface area contributed by atoms with Crippen LogP contribution in [0.3, 0.4) is 0 Å². The first kappa shape index (κ1) is 11.6. The maximum absolute atomic E-state index is 11.0. The van der Waals surface area contributed by atoms with Crippen molar-refractivity contribution in [1.82, 2.24) is 10.3 Å². The van der Waals surface area contributed by atoms with E-state index < -0.39 is 9.84 Å². The van der Waals surface area contributed by atoms with Gasteiger partial charge in [-0.2, -0.15) is 0 Å². The number of hydrogen-bond acceptors (Lipinski definition) is 5. The number of hydrogen-bond donors (Lipinski definition) is 1. The van der Waals surface area contributed by atoms with Crippen LogP contribution < -0.4 is 5.32 Å². The quantitative estimate of drug-likeness (QED) is 0.813. The van der Waals surface area contributed by atoms with E-state index in [1.54, 1.807) is 23.0 Å². The van der Waals surface area contributed by atoms with E-state index in [4.69, 9.17) is 0 Å². The molecule has 1 unspecified atom stereocenters. The van der Waals surface area contributed by atoms with Gasteiger partial charge in [0.2, 0.25) is 0 Å². The molecule has 0 aliphatic rings. The van der Waals surface area contributed by atoms with E-state index in [9.17, 15) is 8.42 Å². The number of sulfone groups is 1. The molecule has 0 aliphatic carbocycles. The molecule has 1 atom stereocenters. The van der Waals surface area contributed by atoms with Crippen LogP contribution in [0.5, 0.6) is 0 Å². The highest BCUT2D eigenvalue weighted by Gasteiger charge is 2.09. The Morgan fingerprint density at radius 2 is 2.36 bits per heavy atom. The Bertz CT molecular complexity index is 359. The summed E-state index contributed by atoms with van der Waals surface area (Å²) in [4.78, 5) is 5.05. The fourth-order valence-corrected chi connectivity index (χ4v) is 2.69. The van der Waals surface area contributed by atoms with Gasteiger partial charge < -0.3 is 5.32 Å². The summed E-state index contributed by atoms with van der Waals surface area (Å²) in [5.74, 6) is 0.172. The Hall–Kier alpha value is -0.460. The molecule has 80 valence electrons. The van der Waals surface area contributed by atoms with Gasteiger partial charge in [-0.15, -0.1) is 11.3 Å². The number of nitrogens with zero attached hydrogens (tertiary/aromatic N) is 1. The molecule has 0 spiro atoms. The molecule has 1 heterocycles. The van der Waals surface area contributed by atoms with Crippen molar-refractivity contribution in [2.24, 2.45) is 0 Å². The second kappa shape index (κ2) is 4.86. The lowest BCUT2D eigenvalue weighted by Crippen LogP contribution is -2.31. The third kappa shape index (κ3) is 4.69. The summed E-state index contributed by atoms with van der Waals surface area (Å²) >= 11 is 1.56. The third-order valence-corrected chi connectivity index (χ3v) is 3.55. The largest absolute Gasteiger partial charge is 0.308 e. The van der Waals surface area contributed by atoms with Crippen LogP contribution in [0.2, 0.25) is 0 Å². The van der Waals surface area contributed by atoms with Crippen LogP contribution in [0.25, 0.3) is 0 Å². The summed E-state index contributed by atoms with van der Waals surface area (Å²) in [7, 11) is -2.89. The number of rotatable bonds is 5. The Kier molecular flexibility index (Phi) is 4.03. The van der Waals surface area contributed by atoms with Gasteiger partial charge in [0.1, 0.15) is 9.84 Å². The molecule has 6 heteroatoms. The minimum atomic E-state index is -2.89. The van der Waals surface area contributed by atoms with E-state index >= 15 is 0 Å². The van der Waals surface area contributed by atoms with Gasteiger partial charge in [-0.05, 0) is 6.92 Å². The molecule has 0 bridgehead atoms. The van der Waals surface area contributed by atoms with Gasteiger partial charge in [-0.25, -0.2) is 8.42 Å². The van der Waals surface area contributed by atoms with Crippen LogP contribution in [0, 0.1) is 0 Å². The average molecular weight is 234 g/mol. The molecule has 0 aromatic carbocycles. The first-order valence-electron chi connectivity index (χ1n) is 4.26. The Labute approximate surface area is 88.3 Å². The molecule has 1 aromatic heterocycles. The van der Waals surface area contributed by atoms with Gasteiger partial charge in [-0.3, -0.25) is 4.98 Å². The lowest BCUT2D eigenvalue weighted by molar-refractivity contribution is 0.562. The van der Waals surface area contributed by atoms with Crippen molar-refractivity contribution < 1.29 is 8.42 Å². The molecule has 0 saturated heterocycles. The minimum Gasteiger partial charge on any atom is -0.308 e. The van der Waals surface area contributed by atoms with Crippen LogP contribution in [-0.2, 0) is 16.4 Å². The highest BCUT2D eigenvalue weighted by Crippen LogP contribution is 2.04. The van der Waals surface area contributed by atoms with E-state index in [-0.39, 0.29) is 11.8 Å². The molecule has 4 nitrogen and oxygen atoms in total. The molecule has 0 saturated carbocycles. The van der Waals surface area contributed by atoms with Crippen LogP contribution >= 0.6 is 11.3 Å². The van der Waals surface area contributed by atoms with E-state index in [0.717, 1.165) is 4.88 Å². The fourth-order valence-electron chi connectivity index (χ4n) is 1.12. The SMILES string of the molecule is CC(CS(C)(=O)=O)NCc1cncs1. The zero-order chi connectivity index (χ0) is 10.6. The van der Waals surface area contributed by atoms with Gasteiger partial charge >= 0.3 is 0 Å². The smallest absolute Gasteiger partial charge is 0.148 e. The van der Waals surface area contributed by atoms with Gasteiger partial charge in [-0.1, -0.05) is 0 Å². The normalized spacial score (nSPS) is 14.1. The standard InChI is InChI=1S/C8H14N2O2S2/c1-7(5-14(2,11)12)10-4-8-3-9-6-13-8/h3,6-7,10H,4-5H2,1-2H3. The molecule has 1 aromatic rings. The van der Waals surface area contributed by atoms with Gasteiger partial charge in [0.15, 0.2) is 0 Å².